The van der Waals surface area contributed by atoms with Crippen molar-refractivity contribution in [2.45, 2.75) is 37.3 Å². The van der Waals surface area contributed by atoms with Crippen LogP contribution in [0.15, 0.2) is 66.0 Å². The molecule has 0 bridgehead atoms. The van der Waals surface area contributed by atoms with Crippen molar-refractivity contribution < 1.29 is 18.7 Å². The summed E-state index contributed by atoms with van der Waals surface area (Å²) >= 11 is 1.24. The number of amides is 1. The van der Waals surface area contributed by atoms with Gasteiger partial charge < -0.3 is 19.4 Å². The number of carbonyl (C=O) groups excluding carboxylic acids is 1. The van der Waals surface area contributed by atoms with Crippen molar-refractivity contribution in [1.29, 1.82) is 0 Å². The van der Waals surface area contributed by atoms with Crippen molar-refractivity contribution >= 4 is 34.3 Å². The number of pyridine rings is 1. The molecule has 5 rings (SSSR count). The first-order valence-electron chi connectivity index (χ1n) is 11.3. The van der Waals surface area contributed by atoms with E-state index in [1.807, 2.05) is 34.9 Å². The van der Waals surface area contributed by atoms with Gasteiger partial charge in [0.15, 0.2) is 11.0 Å². The van der Waals surface area contributed by atoms with Crippen LogP contribution in [0.2, 0.25) is 0 Å². The standard InChI is InChI=1S/C25H24FN5O3S/c26-19-9-1-2-10-20(19)28-23(32)16-35-25-30-29-22(31(25)14-18-8-5-13-33-18)15-34-21-11-3-6-17-7-4-12-27-24(17)21/h1-4,6-7,9-12,18H,5,8,13-16H2,(H,28,32)/t18-/m0/s1. The molecule has 1 atom stereocenters. The van der Waals surface area contributed by atoms with Crippen LogP contribution in [-0.2, 0) is 22.7 Å². The fourth-order valence-electron chi connectivity index (χ4n) is 3.92. The molecule has 0 radical (unpaired) electrons. The van der Waals surface area contributed by atoms with Gasteiger partial charge in [-0.1, -0.05) is 42.1 Å². The van der Waals surface area contributed by atoms with E-state index in [1.54, 1.807) is 18.3 Å². The summed E-state index contributed by atoms with van der Waals surface area (Å²) in [7, 11) is 0. The largest absolute Gasteiger partial charge is 0.483 e. The summed E-state index contributed by atoms with van der Waals surface area (Å²) in [6.45, 7) is 1.49. The SMILES string of the molecule is O=C(CSc1nnc(COc2cccc3cccnc23)n1C[C@@H]1CCCO1)Nc1ccccc1F. The number of rotatable bonds is 9. The molecule has 3 heterocycles. The molecule has 0 aliphatic carbocycles. The minimum absolute atomic E-state index is 0.0514. The van der Waals surface area contributed by atoms with E-state index < -0.39 is 5.82 Å². The van der Waals surface area contributed by atoms with Gasteiger partial charge in [-0.15, -0.1) is 10.2 Å². The van der Waals surface area contributed by atoms with E-state index in [9.17, 15) is 9.18 Å². The second-order valence-corrected chi connectivity index (χ2v) is 9.02. The zero-order valence-electron chi connectivity index (χ0n) is 18.9. The zero-order valence-corrected chi connectivity index (χ0v) is 19.7. The van der Waals surface area contributed by atoms with E-state index in [0.717, 1.165) is 30.4 Å². The number of hydrogen-bond donors (Lipinski definition) is 1. The van der Waals surface area contributed by atoms with E-state index in [1.165, 1.54) is 23.9 Å². The smallest absolute Gasteiger partial charge is 0.234 e. The molecule has 1 aliphatic rings. The Kier molecular flexibility index (Phi) is 7.20. The van der Waals surface area contributed by atoms with Crippen LogP contribution >= 0.6 is 11.8 Å². The van der Waals surface area contributed by atoms with E-state index >= 15 is 0 Å². The summed E-state index contributed by atoms with van der Waals surface area (Å²) in [5.74, 6) is 0.548. The lowest BCUT2D eigenvalue weighted by Gasteiger charge is -2.15. The predicted octanol–water partition coefficient (Wildman–Crippen LogP) is 4.45. The summed E-state index contributed by atoms with van der Waals surface area (Å²) in [6, 6.07) is 15.7. The average Bonchev–Trinajstić information content (AvgIpc) is 3.53. The van der Waals surface area contributed by atoms with E-state index in [0.29, 0.717) is 23.3 Å². The van der Waals surface area contributed by atoms with Crippen LogP contribution in [0, 0.1) is 5.82 Å². The molecule has 35 heavy (non-hydrogen) atoms. The summed E-state index contributed by atoms with van der Waals surface area (Å²) in [6.07, 6.45) is 3.74. The van der Waals surface area contributed by atoms with E-state index in [2.05, 4.69) is 20.5 Å². The number of aromatic nitrogens is 4. The van der Waals surface area contributed by atoms with Crippen LogP contribution < -0.4 is 10.1 Å². The highest BCUT2D eigenvalue weighted by Crippen LogP contribution is 2.26. The Balaban J connectivity index is 1.30. The molecule has 0 unspecified atom stereocenters. The highest BCUT2D eigenvalue weighted by molar-refractivity contribution is 7.99. The molecule has 2 aromatic heterocycles. The molecule has 1 aliphatic heterocycles. The number of fused-ring (bicyclic) bond motifs is 1. The summed E-state index contributed by atoms with van der Waals surface area (Å²) < 4.78 is 27.7. The Bertz CT molecular complexity index is 1320. The van der Waals surface area contributed by atoms with Crippen molar-refractivity contribution in [3.63, 3.8) is 0 Å². The topological polar surface area (TPSA) is 91.2 Å². The molecule has 1 amide bonds. The van der Waals surface area contributed by atoms with Crippen LogP contribution in [0.5, 0.6) is 5.75 Å². The molecule has 1 N–H and O–H groups in total. The monoisotopic (exact) mass is 493 g/mol. The Morgan fingerprint density at radius 2 is 2.06 bits per heavy atom. The van der Waals surface area contributed by atoms with Gasteiger partial charge in [0.1, 0.15) is 23.7 Å². The van der Waals surface area contributed by atoms with Crippen molar-refractivity contribution in [2.24, 2.45) is 0 Å². The van der Waals surface area contributed by atoms with Crippen molar-refractivity contribution in [3.05, 3.63) is 72.4 Å². The molecular formula is C25H24FN5O3S. The molecule has 4 aromatic rings. The quantitative estimate of drug-likeness (QED) is 0.344. The highest BCUT2D eigenvalue weighted by atomic mass is 32.2. The third-order valence-corrected chi connectivity index (χ3v) is 6.60. The normalized spacial score (nSPS) is 15.4. The number of nitrogens with zero attached hydrogens (tertiary/aromatic N) is 4. The Morgan fingerprint density at radius 1 is 1.17 bits per heavy atom. The first-order chi connectivity index (χ1) is 17.2. The first-order valence-corrected chi connectivity index (χ1v) is 12.3. The number of ether oxygens (including phenoxy) is 2. The number of halogens is 1. The molecule has 10 heteroatoms. The van der Waals surface area contributed by atoms with Gasteiger partial charge in [0, 0.05) is 18.2 Å². The van der Waals surface area contributed by atoms with Crippen LogP contribution in [0.3, 0.4) is 0 Å². The van der Waals surface area contributed by atoms with Crippen molar-refractivity contribution in [2.75, 3.05) is 17.7 Å². The van der Waals surface area contributed by atoms with Crippen LogP contribution in [0.1, 0.15) is 18.7 Å². The number of para-hydroxylation sites is 2. The average molecular weight is 494 g/mol. The van der Waals surface area contributed by atoms with Gasteiger partial charge in [0.05, 0.1) is 24.1 Å². The molecular weight excluding hydrogens is 469 g/mol. The Hall–Kier alpha value is -3.50. The van der Waals surface area contributed by atoms with Gasteiger partial charge in [0.25, 0.3) is 0 Å². The van der Waals surface area contributed by atoms with Gasteiger partial charge >= 0.3 is 0 Å². The van der Waals surface area contributed by atoms with Crippen molar-refractivity contribution in [1.82, 2.24) is 19.7 Å². The lowest BCUT2D eigenvalue weighted by atomic mass is 10.2. The second-order valence-electron chi connectivity index (χ2n) is 8.08. The van der Waals surface area contributed by atoms with Crippen molar-refractivity contribution in [3.8, 4) is 5.75 Å². The van der Waals surface area contributed by atoms with E-state index in [-0.39, 0.29) is 30.1 Å². The number of nitrogens with one attached hydrogen (secondary N) is 1. The lowest BCUT2D eigenvalue weighted by Crippen LogP contribution is -2.20. The molecule has 8 nitrogen and oxygen atoms in total. The van der Waals surface area contributed by atoms with Gasteiger partial charge in [-0.2, -0.15) is 0 Å². The summed E-state index contributed by atoms with van der Waals surface area (Å²) in [5.41, 5.74) is 0.927. The number of benzene rings is 2. The maximum atomic E-state index is 13.8. The van der Waals surface area contributed by atoms with Crippen LogP contribution in [-0.4, -0.2) is 44.1 Å². The maximum absolute atomic E-state index is 13.8. The molecule has 0 saturated carbocycles. The Morgan fingerprint density at radius 3 is 2.91 bits per heavy atom. The van der Waals surface area contributed by atoms with Gasteiger partial charge in [-0.05, 0) is 37.1 Å². The number of anilines is 1. The first kappa shape index (κ1) is 23.3. The number of hydrogen-bond acceptors (Lipinski definition) is 7. The maximum Gasteiger partial charge on any atom is 0.234 e. The number of thioether (sulfide) groups is 1. The van der Waals surface area contributed by atoms with Crippen LogP contribution in [0.25, 0.3) is 10.9 Å². The van der Waals surface area contributed by atoms with Gasteiger partial charge in [0.2, 0.25) is 5.91 Å². The second kappa shape index (κ2) is 10.8. The minimum Gasteiger partial charge on any atom is -0.483 e. The molecule has 0 spiro atoms. The molecule has 180 valence electrons. The van der Waals surface area contributed by atoms with Gasteiger partial charge in [-0.3, -0.25) is 9.78 Å². The minimum atomic E-state index is -0.477. The molecule has 1 saturated heterocycles. The summed E-state index contributed by atoms with van der Waals surface area (Å²) in [4.78, 5) is 16.9. The highest BCUT2D eigenvalue weighted by Gasteiger charge is 2.22. The predicted molar refractivity (Wildman–Crippen MR) is 131 cm³/mol. The van der Waals surface area contributed by atoms with E-state index in [4.69, 9.17) is 9.47 Å². The Labute approximate surface area is 205 Å². The molecule has 1 fully saturated rings. The lowest BCUT2D eigenvalue weighted by molar-refractivity contribution is -0.113. The number of carbonyl (C=O) groups is 1. The van der Waals surface area contributed by atoms with Gasteiger partial charge in [-0.25, -0.2) is 4.39 Å². The fraction of sp³-hybridized carbons (Fsp3) is 0.280. The van der Waals surface area contributed by atoms with Crippen LogP contribution in [0.4, 0.5) is 10.1 Å². The fourth-order valence-corrected chi connectivity index (χ4v) is 4.69. The summed E-state index contributed by atoms with van der Waals surface area (Å²) in [5, 5.41) is 12.8. The zero-order chi connectivity index (χ0) is 24.0. The third-order valence-electron chi connectivity index (χ3n) is 5.64. The third kappa shape index (κ3) is 5.60. The molecule has 2 aromatic carbocycles.